The van der Waals surface area contributed by atoms with Gasteiger partial charge in [-0.3, -0.25) is 14.6 Å². The standard InChI is InChI=1S/C16H13NO4/c1-20-15(18)8-10-4-5-14-12(7-10)16(19)11-3-2-6-17-13(11)9-21-14/h2-7H,8-9H2,1H3. The molecule has 0 bridgehead atoms. The monoisotopic (exact) mass is 283 g/mol. The Balaban J connectivity index is 2.02. The van der Waals surface area contributed by atoms with E-state index in [1.165, 1.54) is 7.11 Å². The van der Waals surface area contributed by atoms with Crippen LogP contribution in [-0.2, 0) is 22.6 Å². The topological polar surface area (TPSA) is 65.5 Å². The molecule has 3 rings (SSSR count). The quantitative estimate of drug-likeness (QED) is 0.788. The van der Waals surface area contributed by atoms with Crippen LogP contribution in [0.2, 0.25) is 0 Å². The van der Waals surface area contributed by atoms with E-state index in [0.717, 1.165) is 0 Å². The highest BCUT2D eigenvalue weighted by Gasteiger charge is 2.23. The summed E-state index contributed by atoms with van der Waals surface area (Å²) in [6, 6.07) is 8.59. The molecular weight excluding hydrogens is 270 g/mol. The van der Waals surface area contributed by atoms with Crippen LogP contribution in [0.15, 0.2) is 36.5 Å². The largest absolute Gasteiger partial charge is 0.486 e. The van der Waals surface area contributed by atoms with E-state index in [0.29, 0.717) is 28.1 Å². The maximum atomic E-state index is 12.6. The van der Waals surface area contributed by atoms with Crippen molar-refractivity contribution in [2.24, 2.45) is 0 Å². The number of benzene rings is 1. The Labute approximate surface area is 121 Å². The molecule has 5 nitrogen and oxygen atoms in total. The fourth-order valence-electron chi connectivity index (χ4n) is 2.28. The summed E-state index contributed by atoms with van der Waals surface area (Å²) >= 11 is 0. The molecular formula is C16H13NO4. The normalized spacial score (nSPS) is 12.7. The minimum absolute atomic E-state index is 0.122. The second-order valence-electron chi connectivity index (χ2n) is 4.70. The number of hydrogen-bond donors (Lipinski definition) is 0. The summed E-state index contributed by atoms with van der Waals surface area (Å²) in [5.41, 5.74) is 2.31. The molecule has 0 atom stereocenters. The van der Waals surface area contributed by atoms with E-state index >= 15 is 0 Å². The van der Waals surface area contributed by atoms with Crippen LogP contribution in [0.4, 0.5) is 0 Å². The van der Waals surface area contributed by atoms with Crippen LogP contribution in [0.1, 0.15) is 27.2 Å². The minimum Gasteiger partial charge on any atom is -0.486 e. The predicted molar refractivity (Wildman–Crippen MR) is 74.2 cm³/mol. The number of nitrogens with zero attached hydrogens (tertiary/aromatic N) is 1. The molecule has 0 N–H and O–H groups in total. The second-order valence-corrected chi connectivity index (χ2v) is 4.70. The molecule has 1 aliphatic rings. The maximum absolute atomic E-state index is 12.6. The first kappa shape index (κ1) is 13.3. The van der Waals surface area contributed by atoms with Gasteiger partial charge in [-0.05, 0) is 29.8 Å². The van der Waals surface area contributed by atoms with Gasteiger partial charge in [-0.15, -0.1) is 0 Å². The summed E-state index contributed by atoms with van der Waals surface area (Å²) in [4.78, 5) is 28.1. The molecule has 0 unspecified atom stereocenters. The van der Waals surface area contributed by atoms with Crippen LogP contribution in [0.3, 0.4) is 0 Å². The van der Waals surface area contributed by atoms with Gasteiger partial charge in [0.25, 0.3) is 0 Å². The first-order valence-corrected chi connectivity index (χ1v) is 6.50. The summed E-state index contributed by atoms with van der Waals surface area (Å²) in [6.07, 6.45) is 1.76. The number of aromatic nitrogens is 1. The molecule has 2 heterocycles. The molecule has 0 aliphatic carbocycles. The van der Waals surface area contributed by atoms with Crippen LogP contribution in [0.25, 0.3) is 0 Å². The van der Waals surface area contributed by atoms with Gasteiger partial charge in [-0.1, -0.05) is 6.07 Å². The fourth-order valence-corrected chi connectivity index (χ4v) is 2.28. The number of ether oxygens (including phenoxy) is 2. The highest BCUT2D eigenvalue weighted by Crippen LogP contribution is 2.28. The highest BCUT2D eigenvalue weighted by atomic mass is 16.5. The van der Waals surface area contributed by atoms with Crippen molar-refractivity contribution in [2.75, 3.05) is 7.11 Å². The Bertz CT molecular complexity index is 724. The van der Waals surface area contributed by atoms with Crippen molar-refractivity contribution >= 4 is 11.8 Å². The van der Waals surface area contributed by atoms with E-state index in [-0.39, 0.29) is 24.8 Å². The van der Waals surface area contributed by atoms with Crippen molar-refractivity contribution in [3.05, 3.63) is 58.9 Å². The molecule has 2 aromatic rings. The number of methoxy groups -OCH3 is 1. The molecule has 1 aliphatic heterocycles. The molecule has 0 saturated heterocycles. The van der Waals surface area contributed by atoms with Gasteiger partial charge in [0, 0.05) is 11.8 Å². The lowest BCUT2D eigenvalue weighted by Gasteiger charge is -2.08. The molecule has 1 aromatic carbocycles. The molecule has 0 fully saturated rings. The third kappa shape index (κ3) is 2.50. The van der Waals surface area contributed by atoms with E-state index in [1.54, 1.807) is 36.5 Å². The van der Waals surface area contributed by atoms with Crippen molar-refractivity contribution in [2.45, 2.75) is 13.0 Å². The van der Waals surface area contributed by atoms with Crippen molar-refractivity contribution < 1.29 is 19.1 Å². The number of esters is 1. The van der Waals surface area contributed by atoms with Gasteiger partial charge in [0.05, 0.1) is 24.8 Å². The smallest absolute Gasteiger partial charge is 0.309 e. The number of ketones is 1. The Kier molecular flexibility index (Phi) is 3.39. The van der Waals surface area contributed by atoms with Crippen LogP contribution < -0.4 is 4.74 Å². The summed E-state index contributed by atoms with van der Waals surface area (Å²) in [5, 5.41) is 0. The first-order chi connectivity index (χ1) is 10.2. The van der Waals surface area contributed by atoms with Gasteiger partial charge in [-0.2, -0.15) is 0 Å². The summed E-state index contributed by atoms with van der Waals surface area (Å²) in [7, 11) is 1.34. The van der Waals surface area contributed by atoms with Crippen LogP contribution >= 0.6 is 0 Å². The zero-order valence-corrected chi connectivity index (χ0v) is 11.5. The SMILES string of the molecule is COC(=O)Cc1ccc2c(c1)C(=O)c1cccnc1CO2. The zero-order valence-electron chi connectivity index (χ0n) is 11.5. The van der Waals surface area contributed by atoms with Crippen LogP contribution in [-0.4, -0.2) is 23.8 Å². The summed E-state index contributed by atoms with van der Waals surface area (Å²) < 4.78 is 10.3. The third-order valence-electron chi connectivity index (χ3n) is 3.36. The number of fused-ring (bicyclic) bond motifs is 2. The third-order valence-corrected chi connectivity index (χ3v) is 3.36. The number of carbonyl (C=O) groups is 2. The molecule has 5 heteroatoms. The van der Waals surface area contributed by atoms with Crippen molar-refractivity contribution in [1.29, 1.82) is 0 Å². The number of pyridine rings is 1. The first-order valence-electron chi connectivity index (χ1n) is 6.50. The molecule has 0 radical (unpaired) electrons. The van der Waals surface area contributed by atoms with E-state index in [9.17, 15) is 9.59 Å². The number of carbonyl (C=O) groups excluding carboxylic acids is 2. The lowest BCUT2D eigenvalue weighted by molar-refractivity contribution is -0.139. The average molecular weight is 283 g/mol. The molecule has 21 heavy (non-hydrogen) atoms. The Hall–Kier alpha value is -2.69. The fraction of sp³-hybridized carbons (Fsp3) is 0.188. The van der Waals surface area contributed by atoms with Crippen LogP contribution in [0, 0.1) is 0 Å². The van der Waals surface area contributed by atoms with Gasteiger partial charge < -0.3 is 9.47 Å². The lowest BCUT2D eigenvalue weighted by atomic mass is 9.99. The Morgan fingerprint density at radius 1 is 1.33 bits per heavy atom. The van der Waals surface area contributed by atoms with Crippen molar-refractivity contribution in [3.63, 3.8) is 0 Å². The Morgan fingerprint density at radius 3 is 3.00 bits per heavy atom. The minimum atomic E-state index is -0.348. The van der Waals surface area contributed by atoms with Gasteiger partial charge in [-0.25, -0.2) is 0 Å². The van der Waals surface area contributed by atoms with Gasteiger partial charge in [0.1, 0.15) is 12.4 Å². The van der Waals surface area contributed by atoms with Crippen molar-refractivity contribution in [3.8, 4) is 5.75 Å². The van der Waals surface area contributed by atoms with Crippen LogP contribution in [0.5, 0.6) is 5.75 Å². The summed E-state index contributed by atoms with van der Waals surface area (Å²) in [6.45, 7) is 0.255. The molecule has 0 amide bonds. The van der Waals surface area contributed by atoms with Gasteiger partial charge in [0.15, 0.2) is 5.78 Å². The van der Waals surface area contributed by atoms with Crippen molar-refractivity contribution in [1.82, 2.24) is 4.98 Å². The highest BCUT2D eigenvalue weighted by molar-refractivity contribution is 6.11. The predicted octanol–water partition coefficient (Wildman–Crippen LogP) is 1.92. The average Bonchev–Trinajstić information content (AvgIpc) is 2.65. The molecule has 0 spiro atoms. The lowest BCUT2D eigenvalue weighted by Crippen LogP contribution is -2.07. The summed E-state index contributed by atoms with van der Waals surface area (Å²) in [5.74, 6) is 0.0166. The van der Waals surface area contributed by atoms with E-state index in [4.69, 9.17) is 4.74 Å². The van der Waals surface area contributed by atoms with Gasteiger partial charge >= 0.3 is 5.97 Å². The van der Waals surface area contributed by atoms with E-state index in [2.05, 4.69) is 9.72 Å². The maximum Gasteiger partial charge on any atom is 0.309 e. The Morgan fingerprint density at radius 2 is 2.19 bits per heavy atom. The van der Waals surface area contributed by atoms with E-state index in [1.807, 2.05) is 0 Å². The van der Waals surface area contributed by atoms with Gasteiger partial charge in [0.2, 0.25) is 0 Å². The zero-order chi connectivity index (χ0) is 14.8. The molecule has 1 aromatic heterocycles. The molecule has 0 saturated carbocycles. The van der Waals surface area contributed by atoms with E-state index < -0.39 is 0 Å². The second kappa shape index (κ2) is 5.36. The number of rotatable bonds is 2. The molecule has 106 valence electrons. The number of hydrogen-bond acceptors (Lipinski definition) is 5.